The number of thioether (sulfide) groups is 1. The SMILES string of the molecule is COc1ccc(CCl)cc1.COc1ccc(CSC(C)(C)CCO)cc1. The molecule has 0 heterocycles. The lowest BCUT2D eigenvalue weighted by molar-refractivity contribution is 0.275. The molecule has 2 aromatic carbocycles. The van der Waals surface area contributed by atoms with E-state index in [0.29, 0.717) is 5.88 Å². The number of hydrogen-bond acceptors (Lipinski definition) is 4. The summed E-state index contributed by atoms with van der Waals surface area (Å²) in [5, 5.41) is 8.94. The first-order chi connectivity index (χ1) is 12.4. The van der Waals surface area contributed by atoms with Crippen LogP contribution in [0.5, 0.6) is 11.5 Å². The third-order valence-corrected chi connectivity index (χ3v) is 5.59. The second kappa shape index (κ2) is 12.1. The van der Waals surface area contributed by atoms with Gasteiger partial charge in [0.25, 0.3) is 0 Å². The Morgan fingerprint density at radius 2 is 1.35 bits per heavy atom. The van der Waals surface area contributed by atoms with Crippen LogP contribution in [0.2, 0.25) is 0 Å². The fraction of sp³-hybridized carbons (Fsp3) is 0.429. The normalized spacial score (nSPS) is 10.7. The van der Waals surface area contributed by atoms with E-state index < -0.39 is 0 Å². The minimum Gasteiger partial charge on any atom is -0.497 e. The monoisotopic (exact) mass is 396 g/mol. The maximum atomic E-state index is 8.94. The van der Waals surface area contributed by atoms with Crippen molar-refractivity contribution in [2.24, 2.45) is 0 Å². The van der Waals surface area contributed by atoms with E-state index in [2.05, 4.69) is 26.0 Å². The van der Waals surface area contributed by atoms with Crippen LogP contribution in [0.15, 0.2) is 48.5 Å². The van der Waals surface area contributed by atoms with Gasteiger partial charge in [-0.3, -0.25) is 0 Å². The number of aliphatic hydroxyl groups excluding tert-OH is 1. The summed E-state index contributed by atoms with van der Waals surface area (Å²) < 4.78 is 10.2. The molecule has 0 saturated heterocycles. The molecule has 0 amide bonds. The zero-order valence-corrected chi connectivity index (χ0v) is 17.6. The van der Waals surface area contributed by atoms with Gasteiger partial charge in [0.2, 0.25) is 0 Å². The summed E-state index contributed by atoms with van der Waals surface area (Å²) in [5.74, 6) is 3.29. The summed E-state index contributed by atoms with van der Waals surface area (Å²) in [7, 11) is 3.32. The van der Waals surface area contributed by atoms with Gasteiger partial charge in [-0.2, -0.15) is 11.8 Å². The second-order valence-electron chi connectivity index (χ2n) is 6.35. The lowest BCUT2D eigenvalue weighted by Crippen LogP contribution is -2.16. The van der Waals surface area contributed by atoms with E-state index in [1.54, 1.807) is 14.2 Å². The molecule has 5 heteroatoms. The Hall–Kier alpha value is -1.36. The number of rotatable bonds is 8. The van der Waals surface area contributed by atoms with Gasteiger partial charge in [0.15, 0.2) is 0 Å². The second-order valence-corrected chi connectivity index (χ2v) is 8.30. The summed E-state index contributed by atoms with van der Waals surface area (Å²) in [6.45, 7) is 4.58. The van der Waals surface area contributed by atoms with E-state index in [-0.39, 0.29) is 11.4 Å². The number of halogens is 1. The molecule has 2 rings (SSSR count). The predicted octanol–water partition coefficient (Wildman–Crippen LogP) is 5.52. The molecule has 0 aromatic heterocycles. The van der Waals surface area contributed by atoms with E-state index in [4.69, 9.17) is 26.2 Å². The Kier molecular flexibility index (Phi) is 10.6. The Morgan fingerprint density at radius 1 is 0.885 bits per heavy atom. The van der Waals surface area contributed by atoms with Crippen LogP contribution in [-0.2, 0) is 11.6 Å². The van der Waals surface area contributed by atoms with E-state index in [1.807, 2.05) is 48.2 Å². The van der Waals surface area contributed by atoms with Crippen molar-refractivity contribution in [2.75, 3.05) is 20.8 Å². The Morgan fingerprint density at radius 3 is 1.73 bits per heavy atom. The average Bonchev–Trinajstić information content (AvgIpc) is 2.67. The first kappa shape index (κ1) is 22.7. The van der Waals surface area contributed by atoms with Gasteiger partial charge in [-0.15, -0.1) is 11.6 Å². The molecule has 0 radical (unpaired) electrons. The Bertz CT molecular complexity index is 589. The molecule has 0 atom stereocenters. The summed E-state index contributed by atoms with van der Waals surface area (Å²) in [6.07, 6.45) is 0.827. The number of aliphatic hydroxyl groups is 1. The standard InChI is InChI=1S/C13H20O2S.C8H9ClO/c1-13(2,8-9-14)16-10-11-4-6-12(15-3)7-5-11;1-10-8-4-2-7(6-9)3-5-8/h4-7,14H,8-10H2,1-3H3;2-5H,6H2,1H3. The van der Waals surface area contributed by atoms with Gasteiger partial charge in [-0.1, -0.05) is 38.1 Å². The summed E-state index contributed by atoms with van der Waals surface area (Å²) in [5.41, 5.74) is 2.40. The molecule has 1 N–H and O–H groups in total. The number of ether oxygens (including phenoxy) is 2. The highest BCUT2D eigenvalue weighted by atomic mass is 35.5. The maximum absolute atomic E-state index is 8.94. The molecular formula is C21H29ClO3S. The zero-order chi connectivity index (χ0) is 19.4. The summed E-state index contributed by atoms with van der Waals surface area (Å²) in [4.78, 5) is 0. The molecular weight excluding hydrogens is 368 g/mol. The summed E-state index contributed by atoms with van der Waals surface area (Å²) in [6, 6.07) is 15.8. The van der Waals surface area contributed by atoms with Crippen molar-refractivity contribution >= 4 is 23.4 Å². The van der Waals surface area contributed by atoms with Gasteiger partial charge < -0.3 is 14.6 Å². The van der Waals surface area contributed by atoms with Crippen LogP contribution in [0.1, 0.15) is 31.4 Å². The number of hydrogen-bond donors (Lipinski definition) is 1. The molecule has 0 aliphatic heterocycles. The number of benzene rings is 2. The third kappa shape index (κ3) is 8.84. The van der Waals surface area contributed by atoms with E-state index in [1.165, 1.54) is 5.56 Å². The van der Waals surface area contributed by atoms with Crippen molar-refractivity contribution in [3.05, 3.63) is 59.7 Å². The molecule has 0 aliphatic carbocycles. The maximum Gasteiger partial charge on any atom is 0.118 e. The van der Waals surface area contributed by atoms with Crippen molar-refractivity contribution in [2.45, 2.75) is 36.6 Å². The highest BCUT2D eigenvalue weighted by Crippen LogP contribution is 2.31. The van der Waals surface area contributed by atoms with Gasteiger partial charge in [0, 0.05) is 23.0 Å². The van der Waals surface area contributed by atoms with Gasteiger partial charge in [-0.05, 0) is 41.8 Å². The minimum atomic E-state index is 0.134. The van der Waals surface area contributed by atoms with Crippen molar-refractivity contribution in [1.29, 1.82) is 0 Å². The van der Waals surface area contributed by atoms with Gasteiger partial charge >= 0.3 is 0 Å². The van der Waals surface area contributed by atoms with Crippen LogP contribution in [0, 0.1) is 0 Å². The lowest BCUT2D eigenvalue weighted by atomic mass is 10.1. The quantitative estimate of drug-likeness (QED) is 0.596. The Balaban J connectivity index is 0.000000289. The predicted molar refractivity (Wildman–Crippen MR) is 113 cm³/mol. The van der Waals surface area contributed by atoms with E-state index >= 15 is 0 Å². The molecule has 0 unspecified atom stereocenters. The van der Waals surface area contributed by atoms with E-state index in [9.17, 15) is 0 Å². The Labute approximate surface area is 166 Å². The van der Waals surface area contributed by atoms with Crippen molar-refractivity contribution < 1.29 is 14.6 Å². The fourth-order valence-corrected chi connectivity index (χ4v) is 3.22. The molecule has 26 heavy (non-hydrogen) atoms. The number of alkyl halides is 1. The topological polar surface area (TPSA) is 38.7 Å². The van der Waals surface area contributed by atoms with Crippen molar-refractivity contribution in [3.8, 4) is 11.5 Å². The van der Waals surface area contributed by atoms with Crippen LogP contribution in [0.3, 0.4) is 0 Å². The van der Waals surface area contributed by atoms with Crippen LogP contribution >= 0.6 is 23.4 Å². The molecule has 144 valence electrons. The smallest absolute Gasteiger partial charge is 0.118 e. The number of methoxy groups -OCH3 is 2. The molecule has 3 nitrogen and oxygen atoms in total. The average molecular weight is 397 g/mol. The molecule has 0 aliphatic rings. The fourth-order valence-electron chi connectivity index (χ4n) is 2.06. The van der Waals surface area contributed by atoms with E-state index in [0.717, 1.165) is 29.2 Å². The summed E-state index contributed by atoms with van der Waals surface area (Å²) >= 11 is 7.45. The first-order valence-electron chi connectivity index (χ1n) is 8.50. The minimum absolute atomic E-state index is 0.134. The molecule has 0 spiro atoms. The zero-order valence-electron chi connectivity index (χ0n) is 16.0. The highest BCUT2D eigenvalue weighted by Gasteiger charge is 2.17. The molecule has 0 saturated carbocycles. The molecule has 2 aromatic rings. The first-order valence-corrected chi connectivity index (χ1v) is 10.0. The van der Waals surface area contributed by atoms with Gasteiger partial charge in [0.1, 0.15) is 11.5 Å². The largest absolute Gasteiger partial charge is 0.497 e. The third-order valence-electron chi connectivity index (χ3n) is 3.82. The van der Waals surface area contributed by atoms with Crippen LogP contribution < -0.4 is 9.47 Å². The van der Waals surface area contributed by atoms with Gasteiger partial charge in [-0.25, -0.2) is 0 Å². The van der Waals surface area contributed by atoms with Crippen LogP contribution in [0.25, 0.3) is 0 Å². The lowest BCUT2D eigenvalue weighted by Gasteiger charge is -2.22. The molecule has 0 fully saturated rings. The highest BCUT2D eigenvalue weighted by molar-refractivity contribution is 7.99. The molecule has 0 bridgehead atoms. The van der Waals surface area contributed by atoms with Crippen molar-refractivity contribution in [1.82, 2.24) is 0 Å². The van der Waals surface area contributed by atoms with Crippen LogP contribution in [-0.4, -0.2) is 30.7 Å². The van der Waals surface area contributed by atoms with Gasteiger partial charge in [0.05, 0.1) is 14.2 Å². The van der Waals surface area contributed by atoms with Crippen LogP contribution in [0.4, 0.5) is 0 Å². The van der Waals surface area contributed by atoms with Crippen molar-refractivity contribution in [3.63, 3.8) is 0 Å².